The van der Waals surface area contributed by atoms with Gasteiger partial charge in [0.15, 0.2) is 15.5 Å². The van der Waals surface area contributed by atoms with Gasteiger partial charge >= 0.3 is 0 Å². The second kappa shape index (κ2) is 4.02. The van der Waals surface area contributed by atoms with Crippen LogP contribution in [0.15, 0.2) is 0 Å². The number of amides is 1. The molecule has 1 amide bonds. The summed E-state index contributed by atoms with van der Waals surface area (Å²) in [6, 6.07) is -0.344. The minimum absolute atomic E-state index is 0.0119. The highest BCUT2D eigenvalue weighted by Gasteiger charge is 2.30. The highest BCUT2D eigenvalue weighted by atomic mass is 32.2. The van der Waals surface area contributed by atoms with Crippen molar-refractivity contribution in [2.75, 3.05) is 17.2 Å². The van der Waals surface area contributed by atoms with Gasteiger partial charge in [0.1, 0.15) is 0 Å². The Labute approximate surface area is 98.7 Å². The number of rotatable bonds is 2. The van der Waals surface area contributed by atoms with Crippen molar-refractivity contribution in [1.82, 2.24) is 15.5 Å². The monoisotopic (exact) mass is 258 g/mol. The summed E-state index contributed by atoms with van der Waals surface area (Å²) in [6.07, 6.45) is 0.442. The number of sulfone groups is 1. The van der Waals surface area contributed by atoms with E-state index >= 15 is 0 Å². The van der Waals surface area contributed by atoms with Crippen LogP contribution in [0.3, 0.4) is 0 Å². The number of aromatic amines is 1. The SMILES string of the molecule is Cc1[nH]nc(C(=O)NC2CCS(=O)(=O)C2)c1N. The maximum absolute atomic E-state index is 11.8. The quantitative estimate of drug-likeness (QED) is 0.643. The number of H-pyrrole nitrogens is 1. The predicted octanol–water partition coefficient (Wildman–Crippen LogP) is -0.783. The third kappa shape index (κ3) is 2.41. The molecule has 1 fully saturated rings. The molecule has 8 heteroatoms. The van der Waals surface area contributed by atoms with Gasteiger partial charge in [0.05, 0.1) is 22.9 Å². The zero-order valence-corrected chi connectivity index (χ0v) is 10.2. The van der Waals surface area contributed by atoms with Gasteiger partial charge in [-0.15, -0.1) is 0 Å². The lowest BCUT2D eigenvalue weighted by Crippen LogP contribution is -2.36. The fourth-order valence-corrected chi connectivity index (χ4v) is 3.45. The van der Waals surface area contributed by atoms with Crippen molar-refractivity contribution in [2.45, 2.75) is 19.4 Å². The van der Waals surface area contributed by atoms with E-state index in [4.69, 9.17) is 5.73 Å². The van der Waals surface area contributed by atoms with Crippen LogP contribution in [0.2, 0.25) is 0 Å². The van der Waals surface area contributed by atoms with Gasteiger partial charge in [0, 0.05) is 6.04 Å². The van der Waals surface area contributed by atoms with Crippen molar-refractivity contribution in [3.05, 3.63) is 11.4 Å². The van der Waals surface area contributed by atoms with Gasteiger partial charge in [0.2, 0.25) is 0 Å². The van der Waals surface area contributed by atoms with Gasteiger partial charge in [-0.3, -0.25) is 9.89 Å². The molecule has 1 aliphatic heterocycles. The smallest absolute Gasteiger partial charge is 0.274 e. The van der Waals surface area contributed by atoms with Crippen LogP contribution in [0.25, 0.3) is 0 Å². The molecular formula is C9H14N4O3S. The molecule has 0 radical (unpaired) electrons. The summed E-state index contributed by atoms with van der Waals surface area (Å²) in [7, 11) is -3.00. The lowest BCUT2D eigenvalue weighted by molar-refractivity contribution is 0.0937. The number of nitrogens with one attached hydrogen (secondary N) is 2. The topological polar surface area (TPSA) is 118 Å². The van der Waals surface area contributed by atoms with Crippen molar-refractivity contribution < 1.29 is 13.2 Å². The number of hydrogen-bond acceptors (Lipinski definition) is 5. The third-order valence-electron chi connectivity index (χ3n) is 2.78. The van der Waals surface area contributed by atoms with E-state index in [2.05, 4.69) is 15.5 Å². The molecule has 0 saturated carbocycles. The minimum atomic E-state index is -3.00. The van der Waals surface area contributed by atoms with Crippen LogP contribution in [0, 0.1) is 6.92 Å². The highest BCUT2D eigenvalue weighted by molar-refractivity contribution is 7.91. The summed E-state index contributed by atoms with van der Waals surface area (Å²) in [4.78, 5) is 11.8. The second-order valence-corrected chi connectivity index (χ2v) is 6.41. The number of carbonyl (C=O) groups is 1. The number of aryl methyl sites for hydroxylation is 1. The summed E-state index contributed by atoms with van der Waals surface area (Å²) in [5, 5.41) is 9.01. The van der Waals surface area contributed by atoms with Crippen LogP contribution < -0.4 is 11.1 Å². The zero-order valence-electron chi connectivity index (χ0n) is 9.36. The summed E-state index contributed by atoms with van der Waals surface area (Å²) >= 11 is 0. The molecule has 1 atom stereocenters. The second-order valence-electron chi connectivity index (χ2n) is 4.18. The molecule has 0 aromatic carbocycles. The Morgan fingerprint density at radius 3 is 2.76 bits per heavy atom. The summed E-state index contributed by atoms with van der Waals surface area (Å²) in [5.74, 6) is -0.330. The van der Waals surface area contributed by atoms with E-state index in [0.717, 1.165) is 0 Å². The van der Waals surface area contributed by atoms with Crippen LogP contribution in [-0.4, -0.2) is 42.1 Å². The van der Waals surface area contributed by atoms with Crippen molar-refractivity contribution in [1.29, 1.82) is 0 Å². The molecule has 94 valence electrons. The molecule has 1 unspecified atom stereocenters. The number of nitrogens with zero attached hydrogens (tertiary/aromatic N) is 1. The first kappa shape index (κ1) is 11.9. The minimum Gasteiger partial charge on any atom is -0.395 e. The molecule has 4 N–H and O–H groups in total. The summed E-state index contributed by atoms with van der Waals surface area (Å²) in [5.41, 5.74) is 6.69. The van der Waals surface area contributed by atoms with Crippen LogP contribution >= 0.6 is 0 Å². The molecule has 17 heavy (non-hydrogen) atoms. The molecule has 1 aliphatic rings. The Morgan fingerprint density at radius 2 is 2.29 bits per heavy atom. The average Bonchev–Trinajstić information content (AvgIpc) is 2.72. The lowest BCUT2D eigenvalue weighted by Gasteiger charge is -2.09. The number of nitrogens with two attached hydrogens (primary N) is 1. The molecule has 2 heterocycles. The molecule has 2 rings (SSSR count). The Hall–Kier alpha value is -1.57. The lowest BCUT2D eigenvalue weighted by atomic mass is 10.2. The van der Waals surface area contributed by atoms with Crippen LogP contribution in [0.4, 0.5) is 5.69 Å². The Kier molecular flexibility index (Phi) is 2.82. The maximum atomic E-state index is 11.8. The number of carbonyl (C=O) groups excluding carboxylic acids is 1. The van der Waals surface area contributed by atoms with E-state index in [1.807, 2.05) is 0 Å². The molecule has 0 spiro atoms. The van der Waals surface area contributed by atoms with E-state index in [1.54, 1.807) is 6.92 Å². The number of anilines is 1. The first-order valence-electron chi connectivity index (χ1n) is 5.21. The number of aromatic nitrogens is 2. The van der Waals surface area contributed by atoms with Crippen LogP contribution in [0.1, 0.15) is 22.6 Å². The number of nitrogen functional groups attached to an aromatic ring is 1. The van der Waals surface area contributed by atoms with Gasteiger partial charge in [0.25, 0.3) is 5.91 Å². The Balaban J connectivity index is 2.06. The van der Waals surface area contributed by atoms with Crippen molar-refractivity contribution in [2.24, 2.45) is 0 Å². The summed E-state index contributed by atoms with van der Waals surface area (Å²) < 4.78 is 22.5. The van der Waals surface area contributed by atoms with E-state index in [9.17, 15) is 13.2 Å². The van der Waals surface area contributed by atoms with Crippen molar-refractivity contribution >= 4 is 21.4 Å². The molecule has 0 bridgehead atoms. The molecule has 1 aromatic heterocycles. The van der Waals surface area contributed by atoms with Crippen molar-refractivity contribution in [3.8, 4) is 0 Å². The van der Waals surface area contributed by atoms with E-state index < -0.39 is 15.7 Å². The number of hydrogen-bond donors (Lipinski definition) is 3. The van der Waals surface area contributed by atoms with Crippen molar-refractivity contribution in [3.63, 3.8) is 0 Å². The van der Waals surface area contributed by atoms with E-state index in [1.165, 1.54) is 0 Å². The molecule has 1 aromatic rings. The van der Waals surface area contributed by atoms with E-state index in [-0.39, 0.29) is 23.2 Å². The van der Waals surface area contributed by atoms with E-state index in [0.29, 0.717) is 17.8 Å². The highest BCUT2D eigenvalue weighted by Crippen LogP contribution is 2.15. The largest absolute Gasteiger partial charge is 0.395 e. The van der Waals surface area contributed by atoms with Gasteiger partial charge in [-0.05, 0) is 13.3 Å². The standard InChI is InChI=1S/C9H14N4O3S/c1-5-7(10)8(13-12-5)9(14)11-6-2-3-17(15,16)4-6/h6H,2-4,10H2,1H3,(H,11,14)(H,12,13). The fourth-order valence-electron chi connectivity index (χ4n) is 1.77. The molecule has 0 aliphatic carbocycles. The first-order chi connectivity index (χ1) is 7.89. The van der Waals surface area contributed by atoms with Gasteiger partial charge in [-0.1, -0.05) is 0 Å². The zero-order chi connectivity index (χ0) is 12.6. The molecular weight excluding hydrogens is 244 g/mol. The Morgan fingerprint density at radius 1 is 1.59 bits per heavy atom. The first-order valence-corrected chi connectivity index (χ1v) is 7.03. The summed E-state index contributed by atoms with van der Waals surface area (Å²) in [6.45, 7) is 1.71. The average molecular weight is 258 g/mol. The van der Waals surface area contributed by atoms with Gasteiger partial charge in [-0.25, -0.2) is 8.42 Å². The van der Waals surface area contributed by atoms with Crippen LogP contribution in [-0.2, 0) is 9.84 Å². The maximum Gasteiger partial charge on any atom is 0.274 e. The molecule has 7 nitrogen and oxygen atoms in total. The third-order valence-corrected chi connectivity index (χ3v) is 4.55. The fraction of sp³-hybridized carbons (Fsp3) is 0.556. The van der Waals surface area contributed by atoms with Gasteiger partial charge in [-0.2, -0.15) is 5.10 Å². The van der Waals surface area contributed by atoms with Gasteiger partial charge < -0.3 is 11.1 Å². The predicted molar refractivity (Wildman–Crippen MR) is 62.3 cm³/mol. The molecule has 1 saturated heterocycles. The normalized spacial score (nSPS) is 22.5. The Bertz CT molecular complexity index is 549. The van der Waals surface area contributed by atoms with Crippen LogP contribution in [0.5, 0.6) is 0 Å².